The van der Waals surface area contributed by atoms with E-state index >= 15 is 0 Å². The van der Waals surface area contributed by atoms with Gasteiger partial charge in [0.25, 0.3) is 0 Å². The highest BCUT2D eigenvalue weighted by Crippen LogP contribution is 2.12. The third-order valence-corrected chi connectivity index (χ3v) is 2.99. The van der Waals surface area contributed by atoms with E-state index in [4.69, 9.17) is 14.6 Å². The molecule has 0 unspecified atom stereocenters. The lowest BCUT2D eigenvalue weighted by atomic mass is 10.2. The molecular formula is C19H20O3. The first kappa shape index (κ1) is 15.9. The summed E-state index contributed by atoms with van der Waals surface area (Å²) in [6.07, 6.45) is 1.90. The summed E-state index contributed by atoms with van der Waals surface area (Å²) in [5.41, 5.74) is 0.873. The summed E-state index contributed by atoms with van der Waals surface area (Å²) >= 11 is 0. The van der Waals surface area contributed by atoms with Crippen LogP contribution in [0.2, 0.25) is 0 Å². The molecule has 0 aliphatic heterocycles. The van der Waals surface area contributed by atoms with Crippen LogP contribution in [0.3, 0.4) is 0 Å². The van der Waals surface area contributed by atoms with Crippen molar-refractivity contribution in [1.82, 2.24) is 0 Å². The molecule has 0 aliphatic rings. The SMILES string of the molecule is OCC#Cc1ccc(OCCCCOc2ccccc2)cc1. The lowest BCUT2D eigenvalue weighted by molar-refractivity contribution is 0.266. The zero-order valence-corrected chi connectivity index (χ0v) is 12.5. The third kappa shape index (κ3) is 5.90. The Morgan fingerprint density at radius 2 is 1.36 bits per heavy atom. The van der Waals surface area contributed by atoms with Crippen LogP contribution in [0.4, 0.5) is 0 Å². The summed E-state index contributed by atoms with van der Waals surface area (Å²) < 4.78 is 11.3. The predicted molar refractivity (Wildman–Crippen MR) is 87.1 cm³/mol. The lowest BCUT2D eigenvalue weighted by Crippen LogP contribution is -2.02. The molecule has 1 N–H and O–H groups in total. The van der Waals surface area contributed by atoms with Gasteiger partial charge in [0.05, 0.1) is 13.2 Å². The maximum Gasteiger partial charge on any atom is 0.119 e. The molecule has 3 heteroatoms. The summed E-state index contributed by atoms with van der Waals surface area (Å²) in [7, 11) is 0. The van der Waals surface area contributed by atoms with E-state index in [2.05, 4.69) is 11.8 Å². The molecule has 22 heavy (non-hydrogen) atoms. The molecule has 2 rings (SSSR count). The second-order valence-corrected chi connectivity index (χ2v) is 4.70. The van der Waals surface area contributed by atoms with Gasteiger partial charge in [-0.1, -0.05) is 30.0 Å². The fourth-order valence-electron chi connectivity index (χ4n) is 1.88. The van der Waals surface area contributed by atoms with Crippen molar-refractivity contribution in [3.8, 4) is 23.3 Å². The van der Waals surface area contributed by atoms with E-state index in [0.717, 1.165) is 29.9 Å². The van der Waals surface area contributed by atoms with E-state index in [0.29, 0.717) is 13.2 Å². The van der Waals surface area contributed by atoms with Gasteiger partial charge in [-0.15, -0.1) is 0 Å². The number of benzene rings is 2. The van der Waals surface area contributed by atoms with Crippen molar-refractivity contribution in [2.45, 2.75) is 12.8 Å². The summed E-state index contributed by atoms with van der Waals surface area (Å²) in [5.74, 6) is 7.20. The zero-order chi connectivity index (χ0) is 15.5. The van der Waals surface area contributed by atoms with Gasteiger partial charge < -0.3 is 14.6 Å². The number of rotatable bonds is 7. The first-order valence-electron chi connectivity index (χ1n) is 7.39. The summed E-state index contributed by atoms with van der Waals surface area (Å²) in [5, 5.41) is 8.63. The van der Waals surface area contributed by atoms with Gasteiger partial charge in [-0.05, 0) is 49.2 Å². The molecule has 0 heterocycles. The van der Waals surface area contributed by atoms with Gasteiger partial charge in [0.2, 0.25) is 0 Å². The molecule has 114 valence electrons. The van der Waals surface area contributed by atoms with Crippen molar-refractivity contribution in [1.29, 1.82) is 0 Å². The largest absolute Gasteiger partial charge is 0.494 e. The average molecular weight is 296 g/mol. The molecule has 0 amide bonds. The second-order valence-electron chi connectivity index (χ2n) is 4.70. The molecule has 2 aromatic carbocycles. The molecule has 0 saturated carbocycles. The Hall–Kier alpha value is -2.44. The average Bonchev–Trinajstić information content (AvgIpc) is 2.58. The highest BCUT2D eigenvalue weighted by atomic mass is 16.5. The maximum absolute atomic E-state index is 8.63. The molecule has 0 aliphatic carbocycles. The van der Waals surface area contributed by atoms with Crippen molar-refractivity contribution in [3.05, 3.63) is 60.2 Å². The first-order chi connectivity index (χ1) is 10.9. The molecule has 0 spiro atoms. The normalized spacial score (nSPS) is 9.68. The van der Waals surface area contributed by atoms with Crippen LogP contribution in [-0.4, -0.2) is 24.9 Å². The summed E-state index contributed by atoms with van der Waals surface area (Å²) in [6.45, 7) is 1.24. The van der Waals surface area contributed by atoms with Crippen LogP contribution >= 0.6 is 0 Å². The standard InChI is InChI=1S/C19H20O3/c20-14-6-7-17-10-12-19(13-11-17)22-16-5-4-15-21-18-8-2-1-3-9-18/h1-3,8-13,20H,4-5,14-16H2. The van der Waals surface area contributed by atoms with Crippen molar-refractivity contribution in [2.75, 3.05) is 19.8 Å². The van der Waals surface area contributed by atoms with Crippen LogP contribution < -0.4 is 9.47 Å². The van der Waals surface area contributed by atoms with E-state index in [1.165, 1.54) is 0 Å². The van der Waals surface area contributed by atoms with E-state index in [9.17, 15) is 0 Å². The van der Waals surface area contributed by atoms with Gasteiger partial charge in [-0.2, -0.15) is 0 Å². The Kier molecular flexibility index (Phi) is 6.87. The second kappa shape index (κ2) is 9.49. The zero-order valence-electron chi connectivity index (χ0n) is 12.5. The minimum Gasteiger partial charge on any atom is -0.494 e. The Balaban J connectivity index is 1.60. The third-order valence-electron chi connectivity index (χ3n) is 2.99. The fraction of sp³-hybridized carbons (Fsp3) is 0.263. The van der Waals surface area contributed by atoms with E-state index in [1.54, 1.807) is 0 Å². The minimum atomic E-state index is -0.122. The highest BCUT2D eigenvalue weighted by molar-refractivity contribution is 5.38. The van der Waals surface area contributed by atoms with Crippen LogP contribution in [0.15, 0.2) is 54.6 Å². The quantitative estimate of drug-likeness (QED) is 0.629. The molecule has 3 nitrogen and oxygen atoms in total. The molecular weight excluding hydrogens is 276 g/mol. The molecule has 0 bridgehead atoms. The number of aliphatic hydroxyl groups excluding tert-OH is 1. The highest BCUT2D eigenvalue weighted by Gasteiger charge is 1.96. The monoisotopic (exact) mass is 296 g/mol. The molecule has 0 aromatic heterocycles. The summed E-state index contributed by atoms with van der Waals surface area (Å²) in [4.78, 5) is 0. The van der Waals surface area contributed by atoms with E-state index in [-0.39, 0.29) is 6.61 Å². The van der Waals surface area contributed by atoms with Gasteiger partial charge in [0, 0.05) is 5.56 Å². The van der Waals surface area contributed by atoms with Crippen molar-refractivity contribution in [3.63, 3.8) is 0 Å². The molecule has 0 saturated heterocycles. The molecule has 0 atom stereocenters. The molecule has 0 fully saturated rings. The number of hydrogen-bond acceptors (Lipinski definition) is 3. The van der Waals surface area contributed by atoms with Crippen molar-refractivity contribution in [2.24, 2.45) is 0 Å². The van der Waals surface area contributed by atoms with Crippen LogP contribution in [-0.2, 0) is 0 Å². The van der Waals surface area contributed by atoms with Crippen LogP contribution in [0.1, 0.15) is 18.4 Å². The Labute approximate surface area is 131 Å². The molecule has 0 radical (unpaired) electrons. The van der Waals surface area contributed by atoms with Gasteiger partial charge in [0.15, 0.2) is 0 Å². The minimum absolute atomic E-state index is 0.122. The summed E-state index contributed by atoms with van der Waals surface area (Å²) in [6, 6.07) is 17.4. The van der Waals surface area contributed by atoms with E-state index in [1.807, 2.05) is 54.6 Å². The number of hydrogen-bond donors (Lipinski definition) is 1. The lowest BCUT2D eigenvalue weighted by Gasteiger charge is -2.07. The van der Waals surface area contributed by atoms with Crippen molar-refractivity contribution >= 4 is 0 Å². The fourth-order valence-corrected chi connectivity index (χ4v) is 1.88. The van der Waals surface area contributed by atoms with Gasteiger partial charge in [0.1, 0.15) is 18.1 Å². The maximum atomic E-state index is 8.63. The van der Waals surface area contributed by atoms with Crippen molar-refractivity contribution < 1.29 is 14.6 Å². The number of para-hydroxylation sites is 1. The topological polar surface area (TPSA) is 38.7 Å². The smallest absolute Gasteiger partial charge is 0.119 e. The van der Waals surface area contributed by atoms with Gasteiger partial charge in [-0.3, -0.25) is 0 Å². The molecule has 2 aromatic rings. The van der Waals surface area contributed by atoms with Crippen LogP contribution in [0, 0.1) is 11.8 Å². The Bertz CT molecular complexity index is 594. The number of aliphatic hydroxyl groups is 1. The predicted octanol–water partition coefficient (Wildman–Crippen LogP) is 3.27. The first-order valence-corrected chi connectivity index (χ1v) is 7.39. The van der Waals surface area contributed by atoms with Gasteiger partial charge in [-0.25, -0.2) is 0 Å². The van der Waals surface area contributed by atoms with E-state index < -0.39 is 0 Å². The Morgan fingerprint density at radius 3 is 1.95 bits per heavy atom. The van der Waals surface area contributed by atoms with Crippen LogP contribution in [0.5, 0.6) is 11.5 Å². The van der Waals surface area contributed by atoms with Gasteiger partial charge >= 0.3 is 0 Å². The van der Waals surface area contributed by atoms with Crippen LogP contribution in [0.25, 0.3) is 0 Å². The Morgan fingerprint density at radius 1 is 0.773 bits per heavy atom. The number of ether oxygens (including phenoxy) is 2. The number of unbranched alkanes of at least 4 members (excludes halogenated alkanes) is 1.